The van der Waals surface area contributed by atoms with Gasteiger partial charge < -0.3 is 19.3 Å². The van der Waals surface area contributed by atoms with Crippen molar-refractivity contribution >= 4 is 16.7 Å². The van der Waals surface area contributed by atoms with Crippen molar-refractivity contribution in [2.75, 3.05) is 19.8 Å². The van der Waals surface area contributed by atoms with Gasteiger partial charge in [0.15, 0.2) is 0 Å². The van der Waals surface area contributed by atoms with E-state index in [4.69, 9.17) is 14.7 Å². The molecule has 0 spiro atoms. The van der Waals surface area contributed by atoms with E-state index >= 15 is 0 Å². The number of aromatic nitrogens is 3. The summed E-state index contributed by atoms with van der Waals surface area (Å²) < 4.78 is 7.95. The summed E-state index contributed by atoms with van der Waals surface area (Å²) in [5.74, 6) is 1.82. The Balaban J connectivity index is 1.47. The molecule has 1 N–H and O–H groups in total. The third kappa shape index (κ3) is 3.96. The Bertz CT molecular complexity index is 1400. The predicted octanol–water partition coefficient (Wildman–Crippen LogP) is 4.73. The average molecular weight is 469 g/mol. The number of phenolic OH excluding ortho intramolecular Hbond substituents is 1. The highest BCUT2D eigenvalue weighted by atomic mass is 16.5. The second-order valence-electron chi connectivity index (χ2n) is 9.39. The van der Waals surface area contributed by atoms with Crippen molar-refractivity contribution in [3.63, 3.8) is 0 Å². The molecule has 1 saturated heterocycles. The summed E-state index contributed by atoms with van der Waals surface area (Å²) in [5.41, 5.74) is 4.89. The van der Waals surface area contributed by atoms with E-state index in [0.29, 0.717) is 19.0 Å². The summed E-state index contributed by atoms with van der Waals surface area (Å²) >= 11 is 0. The topological polar surface area (TPSA) is 80.5 Å². The van der Waals surface area contributed by atoms with E-state index in [1.54, 1.807) is 19.1 Å². The van der Waals surface area contributed by atoms with Gasteiger partial charge in [-0.2, -0.15) is 0 Å². The molecular formula is C28H28N4O3. The van der Waals surface area contributed by atoms with Gasteiger partial charge in [-0.3, -0.25) is 9.78 Å². The number of carbonyl (C=O) groups is 1. The number of phenols is 1. The molecule has 2 aliphatic rings. The maximum absolute atomic E-state index is 12.2. The maximum atomic E-state index is 12.2. The van der Waals surface area contributed by atoms with Crippen LogP contribution in [0.15, 0.2) is 54.7 Å². The number of ether oxygens (including phenoxy) is 1. The lowest BCUT2D eigenvalue weighted by molar-refractivity contribution is -0.130. The van der Waals surface area contributed by atoms with Crippen molar-refractivity contribution in [3.05, 3.63) is 66.2 Å². The summed E-state index contributed by atoms with van der Waals surface area (Å²) in [6.07, 6.45) is 3.86. The summed E-state index contributed by atoms with van der Waals surface area (Å²) in [4.78, 5) is 24.1. The molecule has 7 heteroatoms. The van der Waals surface area contributed by atoms with Crippen LogP contribution >= 0.6 is 0 Å². The first-order chi connectivity index (χ1) is 17.1. The molecule has 4 heterocycles. The Morgan fingerprint density at radius 3 is 2.66 bits per heavy atom. The molecule has 35 heavy (non-hydrogen) atoms. The Labute approximate surface area is 204 Å². The molecule has 2 aliphatic heterocycles. The minimum Gasteiger partial charge on any atom is -0.508 e. The summed E-state index contributed by atoms with van der Waals surface area (Å²) in [7, 11) is 0. The van der Waals surface area contributed by atoms with Crippen LogP contribution in [0, 0.1) is 0 Å². The molecule has 0 bridgehead atoms. The molecule has 178 valence electrons. The number of fused-ring (bicyclic) bond motifs is 2. The normalized spacial score (nSPS) is 16.4. The summed E-state index contributed by atoms with van der Waals surface area (Å²) in [6.45, 7) is 5.21. The maximum Gasteiger partial charge on any atom is 0.219 e. The number of rotatable bonds is 3. The first-order valence-electron chi connectivity index (χ1n) is 12.2. The molecule has 1 fully saturated rings. The number of nitrogens with zero attached hydrogens (tertiary/aromatic N) is 4. The van der Waals surface area contributed by atoms with E-state index in [1.807, 2.05) is 23.2 Å². The van der Waals surface area contributed by atoms with Crippen molar-refractivity contribution < 1.29 is 14.6 Å². The number of amides is 1. The van der Waals surface area contributed by atoms with Gasteiger partial charge in [0.05, 0.1) is 23.6 Å². The van der Waals surface area contributed by atoms with E-state index in [-0.39, 0.29) is 11.7 Å². The highest BCUT2D eigenvalue weighted by molar-refractivity contribution is 5.97. The zero-order chi connectivity index (χ0) is 23.9. The standard InChI is InChI=1S/C28H28N4O3/c1-18(33)31-11-12-32-26(17-31)27(30-28(32)20-9-13-35-14-10-20)23-4-2-3-21-15-25(29-16-24(21)23)19-5-7-22(34)8-6-19/h2-8,15-16,20,34H,9-14,17H2,1H3. The van der Waals surface area contributed by atoms with Crippen molar-refractivity contribution in [3.8, 4) is 28.3 Å². The third-order valence-corrected chi connectivity index (χ3v) is 7.25. The number of benzene rings is 2. The van der Waals surface area contributed by atoms with Gasteiger partial charge >= 0.3 is 0 Å². The minimum atomic E-state index is 0.0918. The molecule has 6 rings (SSSR count). The molecule has 2 aromatic carbocycles. The quantitative estimate of drug-likeness (QED) is 0.470. The van der Waals surface area contributed by atoms with Gasteiger partial charge in [0.25, 0.3) is 0 Å². The lowest BCUT2D eigenvalue weighted by Crippen LogP contribution is -2.37. The monoisotopic (exact) mass is 468 g/mol. The Hall–Kier alpha value is -3.71. The van der Waals surface area contributed by atoms with Crippen LogP contribution in [0.3, 0.4) is 0 Å². The van der Waals surface area contributed by atoms with E-state index in [9.17, 15) is 9.90 Å². The smallest absolute Gasteiger partial charge is 0.219 e. The fraction of sp³-hybridized carbons (Fsp3) is 0.321. The Morgan fingerprint density at radius 2 is 1.89 bits per heavy atom. The number of pyridine rings is 1. The lowest BCUT2D eigenvalue weighted by Gasteiger charge is -2.30. The fourth-order valence-electron chi connectivity index (χ4n) is 5.32. The molecule has 1 amide bonds. The van der Waals surface area contributed by atoms with Crippen LogP contribution in [0.5, 0.6) is 5.75 Å². The van der Waals surface area contributed by atoms with Crippen molar-refractivity contribution in [1.82, 2.24) is 19.4 Å². The number of hydrogen-bond acceptors (Lipinski definition) is 5. The van der Waals surface area contributed by atoms with Gasteiger partial charge in [0.1, 0.15) is 11.6 Å². The van der Waals surface area contributed by atoms with E-state index < -0.39 is 0 Å². The van der Waals surface area contributed by atoms with E-state index in [1.165, 1.54) is 0 Å². The van der Waals surface area contributed by atoms with Crippen molar-refractivity contribution in [2.45, 2.75) is 38.8 Å². The Morgan fingerprint density at radius 1 is 1.09 bits per heavy atom. The van der Waals surface area contributed by atoms with Gasteiger partial charge in [-0.25, -0.2) is 4.98 Å². The van der Waals surface area contributed by atoms with Crippen LogP contribution in [-0.2, 0) is 22.6 Å². The summed E-state index contributed by atoms with van der Waals surface area (Å²) in [6, 6.07) is 15.4. The van der Waals surface area contributed by atoms with Crippen molar-refractivity contribution in [2.24, 2.45) is 0 Å². The number of carbonyl (C=O) groups excluding carboxylic acids is 1. The second kappa shape index (κ2) is 8.82. The molecule has 0 atom stereocenters. The lowest BCUT2D eigenvalue weighted by atomic mass is 9.99. The van der Waals surface area contributed by atoms with Gasteiger partial charge in [0, 0.05) is 61.9 Å². The Kier molecular flexibility index (Phi) is 5.49. The van der Waals surface area contributed by atoms with E-state index in [2.05, 4.69) is 28.8 Å². The zero-order valence-corrected chi connectivity index (χ0v) is 19.8. The molecule has 4 aromatic rings. The SMILES string of the molecule is CC(=O)N1CCn2c(C3CCOCC3)nc(-c3cccc4cc(-c5ccc(O)cc5)ncc34)c2C1. The van der Waals surface area contributed by atoms with E-state index in [0.717, 1.165) is 77.4 Å². The highest BCUT2D eigenvalue weighted by Gasteiger charge is 2.30. The first kappa shape index (κ1) is 21.8. The summed E-state index contributed by atoms with van der Waals surface area (Å²) in [5, 5.41) is 11.7. The number of imidazole rings is 1. The predicted molar refractivity (Wildman–Crippen MR) is 134 cm³/mol. The van der Waals surface area contributed by atoms with Crippen LogP contribution in [0.4, 0.5) is 0 Å². The first-order valence-corrected chi connectivity index (χ1v) is 12.2. The zero-order valence-electron chi connectivity index (χ0n) is 19.8. The van der Waals surface area contributed by atoms with Gasteiger partial charge in [-0.1, -0.05) is 18.2 Å². The molecule has 7 nitrogen and oxygen atoms in total. The third-order valence-electron chi connectivity index (χ3n) is 7.25. The molecule has 0 radical (unpaired) electrons. The minimum absolute atomic E-state index is 0.0918. The molecule has 2 aromatic heterocycles. The average Bonchev–Trinajstić information content (AvgIpc) is 3.27. The van der Waals surface area contributed by atoms with Crippen LogP contribution in [0.2, 0.25) is 0 Å². The molecule has 0 unspecified atom stereocenters. The van der Waals surface area contributed by atoms with Crippen LogP contribution in [-0.4, -0.2) is 50.2 Å². The van der Waals surface area contributed by atoms with Gasteiger partial charge in [-0.05, 0) is 48.6 Å². The van der Waals surface area contributed by atoms with Gasteiger partial charge in [0.2, 0.25) is 5.91 Å². The van der Waals surface area contributed by atoms with Crippen LogP contribution < -0.4 is 0 Å². The second-order valence-corrected chi connectivity index (χ2v) is 9.39. The molecule has 0 saturated carbocycles. The number of hydrogen-bond donors (Lipinski definition) is 1. The number of aromatic hydroxyl groups is 1. The van der Waals surface area contributed by atoms with Crippen LogP contribution in [0.1, 0.15) is 37.2 Å². The van der Waals surface area contributed by atoms with Crippen molar-refractivity contribution in [1.29, 1.82) is 0 Å². The van der Waals surface area contributed by atoms with Crippen LogP contribution in [0.25, 0.3) is 33.3 Å². The van der Waals surface area contributed by atoms with Gasteiger partial charge in [-0.15, -0.1) is 0 Å². The largest absolute Gasteiger partial charge is 0.508 e. The fourth-order valence-corrected chi connectivity index (χ4v) is 5.32. The molecular weight excluding hydrogens is 440 g/mol. The molecule has 0 aliphatic carbocycles. The highest BCUT2D eigenvalue weighted by Crippen LogP contribution is 2.37.